The fourth-order valence-corrected chi connectivity index (χ4v) is 3.27. The van der Waals surface area contributed by atoms with E-state index in [9.17, 15) is 0 Å². The summed E-state index contributed by atoms with van der Waals surface area (Å²) in [6.07, 6.45) is 2.99. The van der Waals surface area contributed by atoms with Crippen LogP contribution in [0, 0.1) is 6.92 Å². The summed E-state index contributed by atoms with van der Waals surface area (Å²) < 4.78 is 1.13. The van der Waals surface area contributed by atoms with Crippen LogP contribution in [0.3, 0.4) is 0 Å². The van der Waals surface area contributed by atoms with Gasteiger partial charge in [0.25, 0.3) is 0 Å². The van der Waals surface area contributed by atoms with Crippen LogP contribution in [0.15, 0.2) is 34.9 Å². The fourth-order valence-electron chi connectivity index (χ4n) is 1.96. The molecule has 2 rings (SSSR count). The maximum absolute atomic E-state index is 4.35. The Morgan fingerprint density at radius 1 is 1.44 bits per heavy atom. The van der Waals surface area contributed by atoms with E-state index in [4.69, 9.17) is 0 Å². The van der Waals surface area contributed by atoms with Gasteiger partial charge in [-0.25, -0.2) is 4.98 Å². The average Bonchev–Trinajstić information content (AvgIpc) is 2.75. The summed E-state index contributed by atoms with van der Waals surface area (Å²) in [5, 5.41) is 4.66. The third kappa shape index (κ3) is 3.64. The maximum atomic E-state index is 4.35. The van der Waals surface area contributed by atoms with Gasteiger partial charge < -0.3 is 5.32 Å². The number of benzene rings is 1. The third-order valence-corrected chi connectivity index (χ3v) is 4.28. The molecule has 0 bridgehead atoms. The first-order valence-electron chi connectivity index (χ1n) is 6.09. The maximum Gasteiger partial charge on any atom is 0.0897 e. The number of aromatic nitrogens is 1. The largest absolute Gasteiger partial charge is 0.309 e. The standard InChI is InChI=1S/C14H17BrN2S/c1-3-16-13(14-9-17-10(2)18-14)8-11-5-4-6-12(15)7-11/h4-7,9,13,16H,3,8H2,1-2H3. The van der Waals surface area contributed by atoms with Gasteiger partial charge in [0.15, 0.2) is 0 Å². The van der Waals surface area contributed by atoms with Crippen molar-refractivity contribution in [2.75, 3.05) is 6.54 Å². The van der Waals surface area contributed by atoms with Crippen LogP contribution in [0.1, 0.15) is 28.4 Å². The number of nitrogens with one attached hydrogen (secondary N) is 1. The lowest BCUT2D eigenvalue weighted by atomic mass is 10.1. The normalized spacial score (nSPS) is 12.6. The molecule has 2 aromatic rings. The molecule has 96 valence electrons. The van der Waals surface area contributed by atoms with E-state index in [1.54, 1.807) is 11.3 Å². The number of nitrogens with zero attached hydrogens (tertiary/aromatic N) is 1. The van der Waals surface area contributed by atoms with Crippen molar-refractivity contribution in [1.29, 1.82) is 0 Å². The summed E-state index contributed by atoms with van der Waals surface area (Å²) in [4.78, 5) is 5.66. The molecular weight excluding hydrogens is 308 g/mol. The van der Waals surface area contributed by atoms with Crippen LogP contribution in [0.5, 0.6) is 0 Å². The van der Waals surface area contributed by atoms with Gasteiger partial charge in [0.05, 0.1) is 5.01 Å². The zero-order valence-corrected chi connectivity index (χ0v) is 13.0. The molecule has 4 heteroatoms. The number of aryl methyl sites for hydroxylation is 1. The van der Waals surface area contributed by atoms with Gasteiger partial charge in [-0.05, 0) is 37.6 Å². The number of likely N-dealkylation sites (N-methyl/N-ethyl adjacent to an activating group) is 1. The Morgan fingerprint density at radius 2 is 2.28 bits per heavy atom. The molecule has 0 spiro atoms. The molecule has 0 radical (unpaired) electrons. The van der Waals surface area contributed by atoms with E-state index in [-0.39, 0.29) is 0 Å². The van der Waals surface area contributed by atoms with Crippen LogP contribution < -0.4 is 5.32 Å². The molecule has 18 heavy (non-hydrogen) atoms. The highest BCUT2D eigenvalue weighted by Gasteiger charge is 2.13. The zero-order chi connectivity index (χ0) is 13.0. The molecule has 0 saturated heterocycles. The lowest BCUT2D eigenvalue weighted by Gasteiger charge is -2.16. The predicted molar refractivity (Wildman–Crippen MR) is 81.1 cm³/mol. The van der Waals surface area contributed by atoms with Crippen LogP contribution in [-0.4, -0.2) is 11.5 Å². The molecular formula is C14H17BrN2S. The molecule has 0 aliphatic carbocycles. The van der Waals surface area contributed by atoms with Crippen LogP contribution in [0.25, 0.3) is 0 Å². The van der Waals surface area contributed by atoms with Crippen LogP contribution >= 0.6 is 27.3 Å². The van der Waals surface area contributed by atoms with Crippen molar-refractivity contribution >= 4 is 27.3 Å². The van der Waals surface area contributed by atoms with Crippen molar-refractivity contribution in [3.05, 3.63) is 50.4 Å². The van der Waals surface area contributed by atoms with Gasteiger partial charge in [-0.2, -0.15) is 0 Å². The van der Waals surface area contributed by atoms with Gasteiger partial charge in [-0.3, -0.25) is 0 Å². The SMILES string of the molecule is CCNC(Cc1cccc(Br)c1)c1cnc(C)s1. The predicted octanol–water partition coefficient (Wildman–Crippen LogP) is 4.11. The number of thiazole rings is 1. The molecule has 0 saturated carbocycles. The lowest BCUT2D eigenvalue weighted by molar-refractivity contribution is 0.557. The molecule has 1 aromatic carbocycles. The molecule has 1 N–H and O–H groups in total. The summed E-state index contributed by atoms with van der Waals surface area (Å²) in [7, 11) is 0. The number of rotatable bonds is 5. The smallest absolute Gasteiger partial charge is 0.0897 e. The first kappa shape index (κ1) is 13.7. The summed E-state index contributed by atoms with van der Waals surface area (Å²) in [6, 6.07) is 8.85. The second kappa shape index (κ2) is 6.45. The fraction of sp³-hybridized carbons (Fsp3) is 0.357. The zero-order valence-electron chi connectivity index (χ0n) is 10.6. The second-order valence-electron chi connectivity index (χ2n) is 4.23. The Balaban J connectivity index is 2.16. The van der Waals surface area contributed by atoms with Gasteiger partial charge in [0.2, 0.25) is 0 Å². The van der Waals surface area contributed by atoms with E-state index < -0.39 is 0 Å². The van der Waals surface area contributed by atoms with E-state index in [0.717, 1.165) is 22.4 Å². The quantitative estimate of drug-likeness (QED) is 0.895. The van der Waals surface area contributed by atoms with Crippen molar-refractivity contribution in [3.8, 4) is 0 Å². The van der Waals surface area contributed by atoms with E-state index in [1.807, 2.05) is 6.20 Å². The topological polar surface area (TPSA) is 24.9 Å². The highest BCUT2D eigenvalue weighted by atomic mass is 79.9. The first-order valence-corrected chi connectivity index (χ1v) is 7.70. The van der Waals surface area contributed by atoms with Crippen molar-refractivity contribution in [2.45, 2.75) is 26.3 Å². The average molecular weight is 325 g/mol. The van der Waals surface area contributed by atoms with Crippen molar-refractivity contribution in [3.63, 3.8) is 0 Å². The minimum atomic E-state index is 0.357. The van der Waals surface area contributed by atoms with E-state index in [0.29, 0.717) is 6.04 Å². The Labute approximate surface area is 121 Å². The molecule has 1 unspecified atom stereocenters. The van der Waals surface area contributed by atoms with E-state index in [2.05, 4.69) is 64.3 Å². The molecule has 1 heterocycles. The highest BCUT2D eigenvalue weighted by molar-refractivity contribution is 9.10. The third-order valence-electron chi connectivity index (χ3n) is 2.76. The monoisotopic (exact) mass is 324 g/mol. The van der Waals surface area contributed by atoms with Crippen LogP contribution in [0.2, 0.25) is 0 Å². The minimum Gasteiger partial charge on any atom is -0.309 e. The molecule has 2 nitrogen and oxygen atoms in total. The Bertz CT molecular complexity index is 510. The number of halogens is 1. The van der Waals surface area contributed by atoms with Crippen molar-refractivity contribution < 1.29 is 0 Å². The van der Waals surface area contributed by atoms with Gasteiger partial charge in [-0.15, -0.1) is 11.3 Å². The molecule has 1 aromatic heterocycles. The lowest BCUT2D eigenvalue weighted by Crippen LogP contribution is -2.22. The van der Waals surface area contributed by atoms with Gasteiger partial charge in [-0.1, -0.05) is 35.0 Å². The van der Waals surface area contributed by atoms with E-state index in [1.165, 1.54) is 10.4 Å². The summed E-state index contributed by atoms with van der Waals surface area (Å²) in [5.41, 5.74) is 1.33. The second-order valence-corrected chi connectivity index (χ2v) is 6.41. The van der Waals surface area contributed by atoms with Gasteiger partial charge >= 0.3 is 0 Å². The van der Waals surface area contributed by atoms with Crippen molar-refractivity contribution in [2.24, 2.45) is 0 Å². The first-order chi connectivity index (χ1) is 8.69. The van der Waals surface area contributed by atoms with Gasteiger partial charge in [0, 0.05) is 21.6 Å². The summed E-state index contributed by atoms with van der Waals surface area (Å²) >= 11 is 5.30. The van der Waals surface area contributed by atoms with Crippen LogP contribution in [0.4, 0.5) is 0 Å². The van der Waals surface area contributed by atoms with Gasteiger partial charge in [0.1, 0.15) is 0 Å². The Morgan fingerprint density at radius 3 is 2.89 bits per heavy atom. The van der Waals surface area contributed by atoms with E-state index >= 15 is 0 Å². The number of hydrogen-bond acceptors (Lipinski definition) is 3. The number of hydrogen-bond donors (Lipinski definition) is 1. The molecule has 0 aliphatic rings. The summed E-state index contributed by atoms with van der Waals surface area (Å²) in [6.45, 7) is 5.16. The van der Waals surface area contributed by atoms with Crippen LogP contribution in [-0.2, 0) is 6.42 Å². The molecule has 0 fully saturated rings. The summed E-state index contributed by atoms with van der Waals surface area (Å²) in [5.74, 6) is 0. The Hall–Kier alpha value is -0.710. The minimum absolute atomic E-state index is 0.357. The Kier molecular flexibility index (Phi) is 4.92. The molecule has 1 atom stereocenters. The van der Waals surface area contributed by atoms with Crippen molar-refractivity contribution in [1.82, 2.24) is 10.3 Å². The molecule has 0 aliphatic heterocycles. The molecule has 0 amide bonds. The highest BCUT2D eigenvalue weighted by Crippen LogP contribution is 2.25.